The molecule has 2 N–H and O–H groups in total. The van der Waals surface area contributed by atoms with Crippen molar-refractivity contribution in [1.82, 2.24) is 5.32 Å². The third-order valence-electron chi connectivity index (χ3n) is 4.55. The molecule has 0 unspecified atom stereocenters. The van der Waals surface area contributed by atoms with Crippen LogP contribution in [0.5, 0.6) is 5.75 Å². The molecule has 0 spiro atoms. The second-order valence-corrected chi connectivity index (χ2v) is 7.29. The minimum absolute atomic E-state index is 0.174. The van der Waals surface area contributed by atoms with E-state index in [2.05, 4.69) is 10.6 Å². The van der Waals surface area contributed by atoms with E-state index in [1.165, 1.54) is 0 Å². The molecule has 6 heteroatoms. The highest BCUT2D eigenvalue weighted by Gasteiger charge is 2.19. The number of rotatable bonds is 7. The molecule has 0 aliphatic heterocycles. The smallest absolute Gasteiger partial charge is 0.265 e. The number of amides is 2. The number of ether oxygens (including phenoxy) is 1. The number of carbonyl (C=O) groups is 2. The molecule has 0 aliphatic carbocycles. The lowest BCUT2D eigenvalue weighted by molar-refractivity contribution is -0.122. The van der Waals surface area contributed by atoms with Gasteiger partial charge in [-0.3, -0.25) is 9.59 Å². The quantitative estimate of drug-likeness (QED) is 0.547. The van der Waals surface area contributed by atoms with E-state index >= 15 is 0 Å². The van der Waals surface area contributed by atoms with Crippen LogP contribution in [0.3, 0.4) is 0 Å². The molecule has 0 aliphatic rings. The van der Waals surface area contributed by atoms with Crippen molar-refractivity contribution in [3.63, 3.8) is 0 Å². The summed E-state index contributed by atoms with van der Waals surface area (Å²) in [6.07, 6.45) is -0.775. The fourth-order valence-electron chi connectivity index (χ4n) is 2.92. The first-order valence-corrected chi connectivity index (χ1v) is 10.00. The Morgan fingerprint density at radius 2 is 1.60 bits per heavy atom. The Hall–Kier alpha value is -3.31. The number of para-hydroxylation sites is 1. The molecule has 2 amide bonds. The molecular weight excluding hydrogens is 400 g/mol. The van der Waals surface area contributed by atoms with Gasteiger partial charge in [0.15, 0.2) is 6.10 Å². The van der Waals surface area contributed by atoms with Crippen LogP contribution in [0.1, 0.15) is 35.8 Å². The van der Waals surface area contributed by atoms with E-state index in [-0.39, 0.29) is 17.9 Å². The van der Waals surface area contributed by atoms with Crippen LogP contribution in [0.2, 0.25) is 5.02 Å². The van der Waals surface area contributed by atoms with Crippen molar-refractivity contribution >= 4 is 29.1 Å². The standard InChI is InChI=1S/C24H23ClN2O3/c1-16(18-9-4-3-5-10-18)26-24(29)21-13-6-7-14-22(21)27-23(28)17(2)30-20-12-8-11-19(25)15-20/h3-17H,1-2H3,(H,26,29)(H,27,28)/t16-,17-/m0/s1. The zero-order valence-electron chi connectivity index (χ0n) is 16.8. The van der Waals surface area contributed by atoms with Gasteiger partial charge in [0.25, 0.3) is 11.8 Å². The molecule has 3 rings (SSSR count). The van der Waals surface area contributed by atoms with E-state index in [9.17, 15) is 9.59 Å². The van der Waals surface area contributed by atoms with Gasteiger partial charge in [-0.15, -0.1) is 0 Å². The Balaban J connectivity index is 1.68. The van der Waals surface area contributed by atoms with Crippen molar-refractivity contribution in [2.45, 2.75) is 26.0 Å². The predicted octanol–water partition coefficient (Wildman–Crippen LogP) is 5.24. The molecule has 0 fully saturated rings. The van der Waals surface area contributed by atoms with Crippen LogP contribution in [0.15, 0.2) is 78.9 Å². The zero-order valence-corrected chi connectivity index (χ0v) is 17.5. The molecule has 3 aromatic carbocycles. The highest BCUT2D eigenvalue weighted by molar-refractivity contribution is 6.30. The molecule has 30 heavy (non-hydrogen) atoms. The molecular formula is C24H23ClN2O3. The number of hydrogen-bond acceptors (Lipinski definition) is 3. The normalized spacial score (nSPS) is 12.5. The molecule has 0 aromatic heterocycles. The van der Waals surface area contributed by atoms with Crippen molar-refractivity contribution in [1.29, 1.82) is 0 Å². The maximum atomic E-state index is 12.8. The van der Waals surface area contributed by atoms with E-state index in [0.29, 0.717) is 22.0 Å². The number of benzene rings is 3. The van der Waals surface area contributed by atoms with Gasteiger partial charge in [0.1, 0.15) is 5.75 Å². The SMILES string of the molecule is C[C@H](Oc1cccc(Cl)c1)C(=O)Nc1ccccc1C(=O)N[C@@H](C)c1ccccc1. The summed E-state index contributed by atoms with van der Waals surface area (Å²) in [5.74, 6) is -0.148. The van der Waals surface area contributed by atoms with Crippen LogP contribution in [-0.2, 0) is 4.79 Å². The van der Waals surface area contributed by atoms with Gasteiger partial charge in [0.05, 0.1) is 17.3 Å². The third-order valence-corrected chi connectivity index (χ3v) is 4.79. The molecule has 154 valence electrons. The lowest BCUT2D eigenvalue weighted by atomic mass is 10.1. The monoisotopic (exact) mass is 422 g/mol. The first-order chi connectivity index (χ1) is 14.4. The predicted molar refractivity (Wildman–Crippen MR) is 119 cm³/mol. The lowest BCUT2D eigenvalue weighted by Gasteiger charge is -2.18. The molecule has 2 atom stereocenters. The van der Waals surface area contributed by atoms with Crippen LogP contribution >= 0.6 is 11.6 Å². The highest BCUT2D eigenvalue weighted by Crippen LogP contribution is 2.21. The van der Waals surface area contributed by atoms with Gasteiger partial charge in [0, 0.05) is 5.02 Å². The number of hydrogen-bond donors (Lipinski definition) is 2. The summed E-state index contributed by atoms with van der Waals surface area (Å²) in [5.41, 5.74) is 1.79. The molecule has 5 nitrogen and oxygen atoms in total. The van der Waals surface area contributed by atoms with Gasteiger partial charge in [-0.05, 0) is 49.7 Å². The van der Waals surface area contributed by atoms with Crippen molar-refractivity contribution in [2.75, 3.05) is 5.32 Å². The largest absolute Gasteiger partial charge is 0.481 e. The minimum atomic E-state index is -0.775. The van der Waals surface area contributed by atoms with E-state index in [0.717, 1.165) is 5.56 Å². The molecule has 0 saturated carbocycles. The Morgan fingerprint density at radius 1 is 0.900 bits per heavy atom. The third kappa shape index (κ3) is 5.61. The van der Waals surface area contributed by atoms with Crippen molar-refractivity contribution < 1.29 is 14.3 Å². The van der Waals surface area contributed by atoms with Gasteiger partial charge in [-0.25, -0.2) is 0 Å². The number of carbonyl (C=O) groups excluding carboxylic acids is 2. The summed E-state index contributed by atoms with van der Waals surface area (Å²) in [5, 5.41) is 6.27. The van der Waals surface area contributed by atoms with Crippen LogP contribution in [0.4, 0.5) is 5.69 Å². The Morgan fingerprint density at radius 3 is 2.33 bits per heavy atom. The van der Waals surface area contributed by atoms with Crippen molar-refractivity contribution in [2.24, 2.45) is 0 Å². The van der Waals surface area contributed by atoms with Crippen molar-refractivity contribution in [3.8, 4) is 5.75 Å². The summed E-state index contributed by atoms with van der Waals surface area (Å²) in [6, 6.07) is 23.2. The summed E-state index contributed by atoms with van der Waals surface area (Å²) >= 11 is 5.95. The van der Waals surface area contributed by atoms with Crippen LogP contribution in [0, 0.1) is 0 Å². The molecule has 0 radical (unpaired) electrons. The minimum Gasteiger partial charge on any atom is -0.481 e. The Kier molecular flexibility index (Phi) is 7.09. The van der Waals surface area contributed by atoms with E-state index in [1.807, 2.05) is 37.3 Å². The Bertz CT molecular complexity index is 1020. The van der Waals surface area contributed by atoms with Crippen LogP contribution in [-0.4, -0.2) is 17.9 Å². The second-order valence-electron chi connectivity index (χ2n) is 6.86. The highest BCUT2D eigenvalue weighted by atomic mass is 35.5. The van der Waals surface area contributed by atoms with Gasteiger partial charge in [0.2, 0.25) is 0 Å². The first kappa shape index (κ1) is 21.4. The second kappa shape index (κ2) is 9.94. The zero-order chi connectivity index (χ0) is 21.5. The molecule has 0 saturated heterocycles. The van der Waals surface area contributed by atoms with Gasteiger partial charge in [-0.1, -0.05) is 60.1 Å². The summed E-state index contributed by atoms with van der Waals surface area (Å²) in [7, 11) is 0. The number of nitrogens with one attached hydrogen (secondary N) is 2. The fraction of sp³-hybridized carbons (Fsp3) is 0.167. The topological polar surface area (TPSA) is 67.4 Å². The fourth-order valence-corrected chi connectivity index (χ4v) is 3.10. The number of anilines is 1. The van der Waals surface area contributed by atoms with Crippen LogP contribution in [0.25, 0.3) is 0 Å². The Labute approximate surface area is 181 Å². The molecule has 3 aromatic rings. The van der Waals surface area contributed by atoms with Crippen molar-refractivity contribution in [3.05, 3.63) is 95.0 Å². The van der Waals surface area contributed by atoms with E-state index in [1.54, 1.807) is 55.5 Å². The summed E-state index contributed by atoms with van der Waals surface area (Å²) in [6.45, 7) is 3.55. The van der Waals surface area contributed by atoms with Gasteiger partial charge < -0.3 is 15.4 Å². The summed E-state index contributed by atoms with van der Waals surface area (Å²) < 4.78 is 5.65. The number of halogens is 1. The average molecular weight is 423 g/mol. The van der Waals surface area contributed by atoms with E-state index < -0.39 is 6.10 Å². The average Bonchev–Trinajstić information content (AvgIpc) is 2.74. The summed E-state index contributed by atoms with van der Waals surface area (Å²) in [4.78, 5) is 25.4. The van der Waals surface area contributed by atoms with Crippen LogP contribution < -0.4 is 15.4 Å². The molecule has 0 heterocycles. The first-order valence-electron chi connectivity index (χ1n) is 9.62. The molecule has 0 bridgehead atoms. The maximum Gasteiger partial charge on any atom is 0.265 e. The van der Waals surface area contributed by atoms with Gasteiger partial charge >= 0.3 is 0 Å². The van der Waals surface area contributed by atoms with Gasteiger partial charge in [-0.2, -0.15) is 0 Å². The maximum absolute atomic E-state index is 12.8. The van der Waals surface area contributed by atoms with E-state index in [4.69, 9.17) is 16.3 Å². The lowest BCUT2D eigenvalue weighted by Crippen LogP contribution is -2.32.